The molecule has 0 bridgehead atoms. The Labute approximate surface area is 175 Å². The van der Waals surface area contributed by atoms with Gasteiger partial charge in [-0.2, -0.15) is 10.5 Å². The van der Waals surface area contributed by atoms with E-state index < -0.39 is 0 Å². The molecule has 1 aliphatic carbocycles. The first-order chi connectivity index (χ1) is 14.5. The lowest BCUT2D eigenvalue weighted by molar-refractivity contribution is 0.104. The molecule has 0 unspecified atom stereocenters. The Hall–Kier alpha value is -3.89. The zero-order chi connectivity index (χ0) is 21.0. The Balaban J connectivity index is 1.69. The maximum atomic E-state index is 13.1. The number of allylic oxidation sites excluding steroid dienone is 6. The summed E-state index contributed by atoms with van der Waals surface area (Å²) in [6.45, 7) is 5.32. The second-order valence-electron chi connectivity index (χ2n) is 8.32. The summed E-state index contributed by atoms with van der Waals surface area (Å²) < 4.78 is 0. The highest BCUT2D eigenvalue weighted by Gasteiger charge is 2.43. The number of carbonyl (C=O) groups excluding carboxylic acids is 1. The third kappa shape index (κ3) is 2.28. The van der Waals surface area contributed by atoms with E-state index in [0.29, 0.717) is 22.3 Å². The van der Waals surface area contributed by atoms with Crippen LogP contribution < -0.4 is 4.90 Å². The van der Waals surface area contributed by atoms with E-state index in [0.717, 1.165) is 18.7 Å². The molecule has 0 atom stereocenters. The molecule has 2 aliphatic heterocycles. The van der Waals surface area contributed by atoms with Gasteiger partial charge in [-0.05, 0) is 35.3 Å². The molecular weight excluding hydrogens is 370 g/mol. The van der Waals surface area contributed by atoms with Gasteiger partial charge in [0.05, 0.1) is 0 Å². The number of anilines is 1. The van der Waals surface area contributed by atoms with Crippen LogP contribution in [-0.2, 0) is 11.8 Å². The Morgan fingerprint density at radius 1 is 1.03 bits per heavy atom. The van der Waals surface area contributed by atoms with Gasteiger partial charge >= 0.3 is 0 Å². The van der Waals surface area contributed by atoms with Gasteiger partial charge < -0.3 is 4.90 Å². The van der Waals surface area contributed by atoms with Gasteiger partial charge in [-0.1, -0.05) is 56.3 Å². The Kier molecular flexibility index (Phi) is 3.82. The van der Waals surface area contributed by atoms with E-state index in [1.54, 1.807) is 24.3 Å². The average Bonchev–Trinajstić information content (AvgIpc) is 3.36. The lowest BCUT2D eigenvalue weighted by atomic mass is 9.82. The first-order valence-corrected chi connectivity index (χ1v) is 10.0. The van der Waals surface area contributed by atoms with E-state index >= 15 is 0 Å². The quantitative estimate of drug-likeness (QED) is 0.517. The molecule has 4 heteroatoms. The lowest BCUT2D eigenvalue weighted by Gasteiger charge is -2.25. The molecule has 0 saturated carbocycles. The number of ketones is 1. The van der Waals surface area contributed by atoms with E-state index in [9.17, 15) is 15.3 Å². The summed E-state index contributed by atoms with van der Waals surface area (Å²) in [4.78, 5) is 15.5. The van der Waals surface area contributed by atoms with E-state index in [4.69, 9.17) is 0 Å². The fourth-order valence-corrected chi connectivity index (χ4v) is 5.01. The van der Waals surface area contributed by atoms with Crippen LogP contribution in [0.3, 0.4) is 0 Å². The van der Waals surface area contributed by atoms with Crippen molar-refractivity contribution in [2.24, 2.45) is 0 Å². The molecule has 144 valence electrons. The third-order valence-corrected chi connectivity index (χ3v) is 6.44. The van der Waals surface area contributed by atoms with Crippen molar-refractivity contribution in [3.05, 3.63) is 93.7 Å². The molecule has 2 aromatic carbocycles. The summed E-state index contributed by atoms with van der Waals surface area (Å²) in [7, 11) is 0. The Morgan fingerprint density at radius 2 is 1.77 bits per heavy atom. The molecule has 2 aromatic rings. The molecular formula is C26H19N3O. The minimum absolute atomic E-state index is 0.0321. The number of hydrogen-bond donors (Lipinski definition) is 0. The van der Waals surface area contributed by atoms with Gasteiger partial charge in [0, 0.05) is 40.1 Å². The first-order valence-electron chi connectivity index (χ1n) is 10.0. The number of nitriles is 2. The van der Waals surface area contributed by atoms with E-state index in [1.165, 1.54) is 16.8 Å². The van der Waals surface area contributed by atoms with Crippen LogP contribution in [0.2, 0.25) is 0 Å². The minimum atomic E-state index is -0.186. The van der Waals surface area contributed by atoms with Crippen molar-refractivity contribution < 1.29 is 4.79 Å². The predicted molar refractivity (Wildman–Crippen MR) is 116 cm³/mol. The first kappa shape index (κ1) is 18.2. The zero-order valence-electron chi connectivity index (χ0n) is 16.9. The van der Waals surface area contributed by atoms with Gasteiger partial charge in [0.25, 0.3) is 0 Å². The number of Topliss-reactive ketones (excluding diaryl/α,β-unsaturated/α-hetero) is 1. The normalized spacial score (nSPS) is 20.3. The molecule has 5 rings (SSSR count). The van der Waals surface area contributed by atoms with Gasteiger partial charge in [0.1, 0.15) is 17.7 Å². The van der Waals surface area contributed by atoms with E-state index in [1.807, 2.05) is 24.3 Å². The van der Waals surface area contributed by atoms with Crippen molar-refractivity contribution in [3.8, 4) is 12.1 Å². The maximum absolute atomic E-state index is 13.1. The molecule has 0 fully saturated rings. The largest absolute Gasteiger partial charge is 0.343 e. The minimum Gasteiger partial charge on any atom is -0.343 e. The third-order valence-electron chi connectivity index (χ3n) is 6.44. The van der Waals surface area contributed by atoms with Gasteiger partial charge in [0.15, 0.2) is 5.78 Å². The fourth-order valence-electron chi connectivity index (χ4n) is 5.01. The van der Waals surface area contributed by atoms with Gasteiger partial charge in [-0.25, -0.2) is 0 Å². The molecule has 0 radical (unpaired) electrons. The zero-order valence-corrected chi connectivity index (χ0v) is 16.9. The van der Waals surface area contributed by atoms with Crippen molar-refractivity contribution in [3.63, 3.8) is 0 Å². The molecule has 0 spiro atoms. The molecule has 4 nitrogen and oxygen atoms in total. The summed E-state index contributed by atoms with van der Waals surface area (Å²) in [6.07, 6.45) is 4.81. The number of fused-ring (bicyclic) bond motifs is 1. The van der Waals surface area contributed by atoms with Gasteiger partial charge in [-0.3, -0.25) is 4.79 Å². The van der Waals surface area contributed by atoms with Crippen molar-refractivity contribution in [1.29, 1.82) is 10.5 Å². The summed E-state index contributed by atoms with van der Waals surface area (Å²) in [5.41, 5.74) is 6.91. The Bertz CT molecular complexity index is 1290. The number of hydrogen-bond acceptors (Lipinski definition) is 4. The van der Waals surface area contributed by atoms with Crippen molar-refractivity contribution >= 4 is 17.0 Å². The monoisotopic (exact) mass is 389 g/mol. The van der Waals surface area contributed by atoms with Crippen LogP contribution in [-0.4, -0.2) is 12.3 Å². The maximum Gasteiger partial charge on any atom is 0.194 e. The van der Waals surface area contributed by atoms with E-state index in [2.05, 4.69) is 36.9 Å². The smallest absolute Gasteiger partial charge is 0.194 e. The molecule has 0 N–H and O–H groups in total. The van der Waals surface area contributed by atoms with Crippen molar-refractivity contribution in [1.82, 2.24) is 0 Å². The fraction of sp³-hybridized carbons (Fsp3) is 0.192. The molecule has 3 aliphatic rings. The highest BCUT2D eigenvalue weighted by molar-refractivity contribution is 6.27. The van der Waals surface area contributed by atoms with Gasteiger partial charge in [-0.15, -0.1) is 0 Å². The molecule has 2 heterocycles. The van der Waals surface area contributed by atoms with Crippen LogP contribution in [0.4, 0.5) is 5.69 Å². The van der Waals surface area contributed by atoms with Crippen LogP contribution >= 0.6 is 0 Å². The van der Waals surface area contributed by atoms with E-state index in [-0.39, 0.29) is 16.8 Å². The summed E-state index contributed by atoms with van der Waals surface area (Å²) in [5, 5.41) is 19.0. The van der Waals surface area contributed by atoms with Gasteiger partial charge in [0.2, 0.25) is 0 Å². The standard InChI is InChI=1S/C26H19N3O/c1-26(2)21-9-5-6-16-12-13-29(24(16)21)22(26)11-10-20-23(17(14-27)15-28)18-7-3-4-8-19(18)25(20)30/h3-11H,12-13H2,1-2H3/b20-10-,22-11+. The second-order valence-corrected chi connectivity index (χ2v) is 8.32. The van der Waals surface area contributed by atoms with Crippen LogP contribution in [0.15, 0.2) is 71.5 Å². The number of nitrogens with zero attached hydrogens (tertiary/aromatic N) is 3. The molecule has 30 heavy (non-hydrogen) atoms. The highest BCUT2D eigenvalue weighted by Crippen LogP contribution is 2.52. The van der Waals surface area contributed by atoms with Crippen LogP contribution in [0.1, 0.15) is 40.9 Å². The topological polar surface area (TPSA) is 67.9 Å². The summed E-state index contributed by atoms with van der Waals surface area (Å²) in [5.74, 6) is -0.143. The SMILES string of the molecule is CC1(C)/C(=C\C=C2/C(=O)c3ccccc3C2=C(C#N)C#N)N2CCc3cccc1c32. The molecule has 0 aromatic heterocycles. The Morgan fingerprint density at radius 3 is 2.50 bits per heavy atom. The summed E-state index contributed by atoms with van der Waals surface area (Å²) >= 11 is 0. The lowest BCUT2D eigenvalue weighted by Crippen LogP contribution is -2.25. The number of benzene rings is 2. The summed E-state index contributed by atoms with van der Waals surface area (Å²) in [6, 6.07) is 17.6. The average molecular weight is 389 g/mol. The highest BCUT2D eigenvalue weighted by atomic mass is 16.1. The number of carbonyl (C=O) groups is 1. The molecule has 0 amide bonds. The van der Waals surface area contributed by atoms with Crippen LogP contribution in [0, 0.1) is 22.7 Å². The van der Waals surface area contributed by atoms with Crippen molar-refractivity contribution in [2.75, 3.05) is 11.4 Å². The number of para-hydroxylation sites is 1. The number of rotatable bonds is 1. The van der Waals surface area contributed by atoms with Crippen molar-refractivity contribution in [2.45, 2.75) is 25.7 Å². The molecule has 0 saturated heterocycles. The second kappa shape index (κ2) is 6.31. The predicted octanol–water partition coefficient (Wildman–Crippen LogP) is 4.85. The van der Waals surface area contributed by atoms with Crippen LogP contribution in [0.5, 0.6) is 0 Å². The van der Waals surface area contributed by atoms with Crippen LogP contribution in [0.25, 0.3) is 5.57 Å².